The number of rotatable bonds is 12. The van der Waals surface area contributed by atoms with E-state index in [2.05, 4.69) is 9.72 Å². The molecule has 0 saturated carbocycles. The van der Waals surface area contributed by atoms with E-state index in [9.17, 15) is 18.8 Å². The zero-order valence-electron chi connectivity index (χ0n) is 24.6. The minimum absolute atomic E-state index is 0.0451. The Morgan fingerprint density at radius 1 is 1.02 bits per heavy atom. The normalized spacial score (nSPS) is 10.5. The third-order valence-electron chi connectivity index (χ3n) is 5.20. The van der Waals surface area contributed by atoms with Crippen molar-refractivity contribution in [3.8, 4) is 11.5 Å². The number of aromatic nitrogens is 1. The summed E-state index contributed by atoms with van der Waals surface area (Å²) in [4.78, 5) is 36.4. The molecule has 1 aromatic heterocycles. The highest BCUT2D eigenvalue weighted by molar-refractivity contribution is 5.94. The van der Waals surface area contributed by atoms with Crippen LogP contribution in [-0.2, 0) is 30.4 Å². The van der Waals surface area contributed by atoms with E-state index in [4.69, 9.17) is 24.7 Å². The first-order valence-electron chi connectivity index (χ1n) is 13.2. The lowest BCUT2D eigenvalue weighted by molar-refractivity contribution is -0.149. The second-order valence-electron chi connectivity index (χ2n) is 8.73. The quantitative estimate of drug-likeness (QED) is 0.173. The summed E-state index contributed by atoms with van der Waals surface area (Å²) in [6.45, 7) is 7.71. The Hall–Kier alpha value is -4.51. The Kier molecular flexibility index (Phi) is 17.2. The van der Waals surface area contributed by atoms with Crippen molar-refractivity contribution in [2.45, 2.75) is 53.2 Å². The van der Waals surface area contributed by atoms with Gasteiger partial charge in [0, 0.05) is 32.0 Å². The molecule has 10 nitrogen and oxygen atoms in total. The van der Waals surface area contributed by atoms with Crippen LogP contribution in [0.5, 0.6) is 11.5 Å². The molecule has 0 spiro atoms. The van der Waals surface area contributed by atoms with Crippen molar-refractivity contribution in [2.75, 3.05) is 20.5 Å². The van der Waals surface area contributed by atoms with Crippen molar-refractivity contribution in [1.29, 1.82) is 0 Å². The lowest BCUT2D eigenvalue weighted by Gasteiger charge is -2.12. The molecule has 0 saturated heterocycles. The standard InChI is InChI=1S/C14H20O3.C10H12N2O5.C7H7F/c1-3-14(15)17-12(2)9-10-16-11-13-7-5-4-6-8-13;1-6(13)16-5-17-9-7(15-2)3-4-12-8(9)10(11)14;1-6-2-4-7(8)5-3-6/h4-8,12H,3,9-11H2,1-2H3;3-4H,5H2,1-2H3,(H2,11,14);2-5H,1H3. The molecule has 2 N–H and O–H groups in total. The van der Waals surface area contributed by atoms with Crippen molar-refractivity contribution < 1.29 is 42.5 Å². The van der Waals surface area contributed by atoms with Crippen LogP contribution in [0.25, 0.3) is 0 Å². The number of hydrogen-bond acceptors (Lipinski definition) is 9. The Labute approximate surface area is 245 Å². The minimum atomic E-state index is -0.762. The number of hydrogen-bond donors (Lipinski definition) is 1. The molecule has 0 aliphatic heterocycles. The number of ether oxygens (including phenoxy) is 5. The maximum Gasteiger partial charge on any atom is 0.305 e. The predicted molar refractivity (Wildman–Crippen MR) is 154 cm³/mol. The number of esters is 2. The van der Waals surface area contributed by atoms with Gasteiger partial charge in [0.15, 0.2) is 17.2 Å². The van der Waals surface area contributed by atoms with Gasteiger partial charge in [0.1, 0.15) is 11.9 Å². The Bertz CT molecular complexity index is 1200. The van der Waals surface area contributed by atoms with Gasteiger partial charge < -0.3 is 29.4 Å². The summed E-state index contributed by atoms with van der Waals surface area (Å²) in [7, 11) is 1.40. The van der Waals surface area contributed by atoms with Crippen LogP contribution in [0.4, 0.5) is 4.39 Å². The fourth-order valence-corrected chi connectivity index (χ4v) is 2.99. The average Bonchev–Trinajstić information content (AvgIpc) is 2.97. The van der Waals surface area contributed by atoms with Crippen LogP contribution in [0.15, 0.2) is 66.9 Å². The van der Waals surface area contributed by atoms with E-state index in [0.717, 1.165) is 17.5 Å². The van der Waals surface area contributed by atoms with Crippen LogP contribution in [0.1, 0.15) is 55.2 Å². The van der Waals surface area contributed by atoms with Gasteiger partial charge in [-0.1, -0.05) is 55.0 Å². The molecule has 11 heteroatoms. The number of methoxy groups -OCH3 is 1. The first kappa shape index (κ1) is 35.5. The van der Waals surface area contributed by atoms with E-state index in [-0.39, 0.29) is 41.9 Å². The van der Waals surface area contributed by atoms with E-state index in [1.807, 2.05) is 44.2 Å². The Morgan fingerprint density at radius 3 is 2.24 bits per heavy atom. The van der Waals surface area contributed by atoms with Gasteiger partial charge >= 0.3 is 11.9 Å². The van der Waals surface area contributed by atoms with E-state index < -0.39 is 11.9 Å². The van der Waals surface area contributed by atoms with Gasteiger partial charge in [-0.15, -0.1) is 0 Å². The Balaban J connectivity index is 0.000000335. The molecule has 1 atom stereocenters. The zero-order valence-corrected chi connectivity index (χ0v) is 24.6. The summed E-state index contributed by atoms with van der Waals surface area (Å²) in [6.07, 6.45) is 2.45. The molecule has 228 valence electrons. The lowest BCUT2D eigenvalue weighted by atomic mass is 10.2. The third-order valence-corrected chi connectivity index (χ3v) is 5.20. The molecule has 42 heavy (non-hydrogen) atoms. The third kappa shape index (κ3) is 15.3. The van der Waals surface area contributed by atoms with Gasteiger partial charge in [-0.2, -0.15) is 0 Å². The minimum Gasteiger partial charge on any atom is -0.493 e. The summed E-state index contributed by atoms with van der Waals surface area (Å²) in [5.41, 5.74) is 7.29. The highest BCUT2D eigenvalue weighted by Crippen LogP contribution is 2.29. The van der Waals surface area contributed by atoms with Crippen molar-refractivity contribution >= 4 is 17.8 Å². The molecule has 3 rings (SSSR count). The maximum atomic E-state index is 12.1. The van der Waals surface area contributed by atoms with E-state index >= 15 is 0 Å². The number of halogens is 1. The molecule has 0 bridgehead atoms. The molecule has 2 aromatic carbocycles. The highest BCUT2D eigenvalue weighted by Gasteiger charge is 2.16. The summed E-state index contributed by atoms with van der Waals surface area (Å²) < 4.78 is 37.4. The fraction of sp³-hybridized carbons (Fsp3) is 0.355. The van der Waals surface area contributed by atoms with Gasteiger partial charge in [-0.05, 0) is 31.5 Å². The second-order valence-corrected chi connectivity index (χ2v) is 8.73. The number of primary amides is 1. The van der Waals surface area contributed by atoms with Gasteiger partial charge in [-0.25, -0.2) is 9.37 Å². The maximum absolute atomic E-state index is 12.1. The monoisotopic (exact) mass is 586 g/mol. The van der Waals surface area contributed by atoms with Crippen LogP contribution >= 0.6 is 0 Å². The van der Waals surface area contributed by atoms with Crippen LogP contribution in [0.3, 0.4) is 0 Å². The predicted octanol–water partition coefficient (Wildman–Crippen LogP) is 5.16. The molecule has 0 aliphatic carbocycles. The van der Waals surface area contributed by atoms with Crippen LogP contribution in [0, 0.1) is 12.7 Å². The van der Waals surface area contributed by atoms with Gasteiger partial charge in [0.25, 0.3) is 5.91 Å². The SMILES string of the molecule is CCC(=O)OC(C)CCOCc1ccccc1.COc1ccnc(C(N)=O)c1OCOC(C)=O.Cc1ccc(F)cc1. The summed E-state index contributed by atoms with van der Waals surface area (Å²) in [5.74, 6) is -1.27. The number of nitrogens with zero attached hydrogens (tertiary/aromatic N) is 1. The van der Waals surface area contributed by atoms with Crippen molar-refractivity contribution in [1.82, 2.24) is 4.98 Å². The number of carbonyl (C=O) groups excluding carboxylic acids is 3. The number of aryl methyl sites for hydroxylation is 1. The number of nitrogens with two attached hydrogens (primary N) is 1. The Morgan fingerprint density at radius 2 is 1.69 bits per heavy atom. The number of amides is 1. The van der Waals surface area contributed by atoms with Crippen LogP contribution in [0.2, 0.25) is 0 Å². The van der Waals surface area contributed by atoms with E-state index in [1.54, 1.807) is 19.1 Å². The largest absolute Gasteiger partial charge is 0.493 e. The topological polar surface area (TPSA) is 136 Å². The number of pyridine rings is 1. The molecule has 1 unspecified atom stereocenters. The van der Waals surface area contributed by atoms with E-state index in [0.29, 0.717) is 19.6 Å². The van der Waals surface area contributed by atoms with Crippen molar-refractivity contribution in [2.24, 2.45) is 5.73 Å². The lowest BCUT2D eigenvalue weighted by Crippen LogP contribution is -2.17. The summed E-state index contributed by atoms with van der Waals surface area (Å²) in [5, 5.41) is 0. The zero-order chi connectivity index (χ0) is 31.3. The average molecular weight is 587 g/mol. The van der Waals surface area contributed by atoms with Crippen molar-refractivity contribution in [3.05, 3.63) is 89.5 Å². The van der Waals surface area contributed by atoms with Crippen molar-refractivity contribution in [3.63, 3.8) is 0 Å². The first-order chi connectivity index (χ1) is 20.1. The highest BCUT2D eigenvalue weighted by atomic mass is 19.1. The number of benzene rings is 2. The molecule has 3 aromatic rings. The molecule has 0 radical (unpaired) electrons. The molecular formula is C31H39FN2O8. The molecule has 1 amide bonds. The van der Waals surface area contributed by atoms with Crippen LogP contribution in [-0.4, -0.2) is 49.4 Å². The van der Waals surface area contributed by atoms with Gasteiger partial charge in [0.05, 0.1) is 20.3 Å². The smallest absolute Gasteiger partial charge is 0.305 e. The van der Waals surface area contributed by atoms with Gasteiger partial charge in [-0.3, -0.25) is 14.4 Å². The molecule has 1 heterocycles. The first-order valence-corrected chi connectivity index (χ1v) is 13.2. The number of carbonyl (C=O) groups is 3. The molecular weight excluding hydrogens is 547 g/mol. The van der Waals surface area contributed by atoms with Crippen LogP contribution < -0.4 is 15.2 Å². The second kappa shape index (κ2) is 20.4. The van der Waals surface area contributed by atoms with E-state index in [1.165, 1.54) is 38.4 Å². The molecule has 0 fully saturated rings. The summed E-state index contributed by atoms with van der Waals surface area (Å²) in [6, 6.07) is 17.9. The fourth-order valence-electron chi connectivity index (χ4n) is 2.99. The molecule has 0 aliphatic rings. The summed E-state index contributed by atoms with van der Waals surface area (Å²) >= 11 is 0. The van der Waals surface area contributed by atoms with Gasteiger partial charge in [0.2, 0.25) is 6.79 Å².